The molecular weight excluding hydrogens is 230 g/mol. The van der Waals surface area contributed by atoms with Gasteiger partial charge < -0.3 is 16.2 Å². The number of ether oxygens (including phenoxy) is 1. The Morgan fingerprint density at radius 2 is 2.11 bits per heavy atom. The summed E-state index contributed by atoms with van der Waals surface area (Å²) in [6.45, 7) is 0.280. The van der Waals surface area contributed by atoms with Crippen molar-refractivity contribution in [2.75, 3.05) is 5.73 Å². The Bertz CT molecular complexity index is 555. The molecule has 1 amide bonds. The molecule has 0 bridgehead atoms. The maximum atomic E-state index is 11.3. The number of primary amides is 1. The third kappa shape index (κ3) is 2.57. The quantitative estimate of drug-likeness (QED) is 0.793. The summed E-state index contributed by atoms with van der Waals surface area (Å²) in [5, 5.41) is 0. The third-order valence-electron chi connectivity index (χ3n) is 2.42. The Hall–Kier alpha value is -2.56. The van der Waals surface area contributed by atoms with Crippen LogP contribution in [0.25, 0.3) is 0 Å². The van der Waals surface area contributed by atoms with Gasteiger partial charge in [-0.25, -0.2) is 0 Å². The molecule has 18 heavy (non-hydrogen) atoms. The molecule has 0 radical (unpaired) electrons. The molecule has 1 heterocycles. The summed E-state index contributed by atoms with van der Waals surface area (Å²) in [5.41, 5.74) is 12.6. The average molecular weight is 243 g/mol. The second-order valence-electron chi connectivity index (χ2n) is 3.74. The van der Waals surface area contributed by atoms with Crippen LogP contribution in [0, 0.1) is 0 Å². The zero-order valence-electron chi connectivity index (χ0n) is 9.67. The van der Waals surface area contributed by atoms with E-state index >= 15 is 0 Å². The fourth-order valence-electron chi connectivity index (χ4n) is 1.55. The number of nitrogens with zero attached hydrogens (tertiary/aromatic N) is 1. The molecule has 5 nitrogen and oxygen atoms in total. The van der Waals surface area contributed by atoms with Gasteiger partial charge in [-0.1, -0.05) is 12.1 Å². The summed E-state index contributed by atoms with van der Waals surface area (Å²) < 4.78 is 5.55. The van der Waals surface area contributed by atoms with Crippen LogP contribution in [0.5, 0.6) is 5.75 Å². The van der Waals surface area contributed by atoms with E-state index in [1.54, 1.807) is 30.6 Å². The molecule has 0 spiro atoms. The molecule has 0 aliphatic heterocycles. The van der Waals surface area contributed by atoms with Crippen molar-refractivity contribution in [3.8, 4) is 5.75 Å². The highest BCUT2D eigenvalue weighted by molar-refractivity contribution is 5.97. The van der Waals surface area contributed by atoms with Crippen LogP contribution in [0.1, 0.15) is 15.9 Å². The van der Waals surface area contributed by atoms with Gasteiger partial charge in [-0.3, -0.25) is 9.78 Å². The second-order valence-corrected chi connectivity index (χ2v) is 3.74. The lowest BCUT2D eigenvalue weighted by molar-refractivity contribution is 0.0996. The number of hydrogen-bond donors (Lipinski definition) is 2. The van der Waals surface area contributed by atoms with E-state index in [-0.39, 0.29) is 12.2 Å². The molecule has 4 N–H and O–H groups in total. The Morgan fingerprint density at radius 1 is 1.28 bits per heavy atom. The average Bonchev–Trinajstić information content (AvgIpc) is 2.38. The minimum absolute atomic E-state index is 0.277. The van der Waals surface area contributed by atoms with Gasteiger partial charge in [-0.2, -0.15) is 0 Å². The number of aromatic nitrogens is 1. The number of carbonyl (C=O) groups excluding carboxylic acids is 1. The number of pyridine rings is 1. The number of anilines is 1. The molecule has 5 heteroatoms. The van der Waals surface area contributed by atoms with Crippen LogP contribution < -0.4 is 16.2 Å². The lowest BCUT2D eigenvalue weighted by Crippen LogP contribution is -2.14. The molecule has 0 unspecified atom stereocenters. The standard InChI is InChI=1S/C13H13N3O2/c14-11-5-1-4-10(13(15)17)12(11)18-8-9-3-2-6-16-7-9/h1-7H,8,14H2,(H2,15,17). The van der Waals surface area contributed by atoms with Crippen molar-refractivity contribution in [2.45, 2.75) is 6.61 Å². The van der Waals surface area contributed by atoms with Crippen molar-refractivity contribution >= 4 is 11.6 Å². The predicted molar refractivity (Wildman–Crippen MR) is 67.9 cm³/mol. The molecular formula is C13H13N3O2. The maximum Gasteiger partial charge on any atom is 0.252 e. The first kappa shape index (κ1) is 11.9. The van der Waals surface area contributed by atoms with E-state index in [4.69, 9.17) is 16.2 Å². The predicted octanol–water partition coefficient (Wildman–Crippen LogP) is 1.34. The minimum atomic E-state index is -0.566. The molecule has 1 aromatic heterocycles. The third-order valence-corrected chi connectivity index (χ3v) is 2.42. The Labute approximate surface area is 104 Å². The molecule has 2 aromatic rings. The number of carbonyl (C=O) groups is 1. The molecule has 0 aliphatic carbocycles. The number of benzene rings is 1. The van der Waals surface area contributed by atoms with Gasteiger partial charge in [0.1, 0.15) is 6.61 Å². The number of hydrogen-bond acceptors (Lipinski definition) is 4. The smallest absolute Gasteiger partial charge is 0.252 e. The van der Waals surface area contributed by atoms with E-state index in [9.17, 15) is 4.79 Å². The number of amides is 1. The summed E-state index contributed by atoms with van der Waals surface area (Å²) >= 11 is 0. The van der Waals surface area contributed by atoms with Crippen LogP contribution in [0.2, 0.25) is 0 Å². The van der Waals surface area contributed by atoms with Crippen molar-refractivity contribution in [1.82, 2.24) is 4.98 Å². The van der Waals surface area contributed by atoms with Gasteiger partial charge in [0.25, 0.3) is 5.91 Å². The highest BCUT2D eigenvalue weighted by Crippen LogP contribution is 2.26. The van der Waals surface area contributed by atoms with Crippen LogP contribution >= 0.6 is 0 Å². The Kier molecular flexibility index (Phi) is 3.43. The van der Waals surface area contributed by atoms with Crippen LogP contribution in [0.3, 0.4) is 0 Å². The van der Waals surface area contributed by atoms with Gasteiger partial charge in [0.15, 0.2) is 5.75 Å². The first-order valence-corrected chi connectivity index (χ1v) is 5.38. The van der Waals surface area contributed by atoms with Crippen molar-refractivity contribution in [3.63, 3.8) is 0 Å². The molecule has 1 aromatic carbocycles. The van der Waals surface area contributed by atoms with Gasteiger partial charge in [-0.05, 0) is 18.2 Å². The Balaban J connectivity index is 2.21. The van der Waals surface area contributed by atoms with E-state index in [0.717, 1.165) is 5.56 Å². The van der Waals surface area contributed by atoms with Crippen LogP contribution in [-0.4, -0.2) is 10.9 Å². The molecule has 2 rings (SSSR count). The SMILES string of the molecule is NC(=O)c1cccc(N)c1OCc1cccnc1. The van der Waals surface area contributed by atoms with E-state index in [2.05, 4.69) is 4.98 Å². The van der Waals surface area contributed by atoms with E-state index in [1.807, 2.05) is 12.1 Å². The molecule has 0 fully saturated rings. The van der Waals surface area contributed by atoms with Crippen molar-refractivity contribution < 1.29 is 9.53 Å². The molecule has 0 saturated carbocycles. The first-order valence-electron chi connectivity index (χ1n) is 5.38. The monoisotopic (exact) mass is 243 g/mol. The molecule has 0 aliphatic rings. The van der Waals surface area contributed by atoms with Gasteiger partial charge in [0, 0.05) is 18.0 Å². The summed E-state index contributed by atoms with van der Waals surface area (Å²) in [6, 6.07) is 8.58. The van der Waals surface area contributed by atoms with E-state index < -0.39 is 5.91 Å². The second kappa shape index (κ2) is 5.18. The van der Waals surface area contributed by atoms with E-state index in [1.165, 1.54) is 0 Å². The van der Waals surface area contributed by atoms with Crippen LogP contribution in [0.15, 0.2) is 42.7 Å². The lowest BCUT2D eigenvalue weighted by Gasteiger charge is -2.11. The number of nitrogen functional groups attached to an aromatic ring is 1. The highest BCUT2D eigenvalue weighted by atomic mass is 16.5. The largest absolute Gasteiger partial charge is 0.486 e. The minimum Gasteiger partial charge on any atom is -0.486 e. The molecule has 92 valence electrons. The van der Waals surface area contributed by atoms with Gasteiger partial charge in [0.05, 0.1) is 11.3 Å². The van der Waals surface area contributed by atoms with E-state index in [0.29, 0.717) is 11.4 Å². The van der Waals surface area contributed by atoms with Crippen molar-refractivity contribution in [2.24, 2.45) is 5.73 Å². The maximum absolute atomic E-state index is 11.3. The van der Waals surface area contributed by atoms with Crippen molar-refractivity contribution in [1.29, 1.82) is 0 Å². The Morgan fingerprint density at radius 3 is 2.78 bits per heavy atom. The summed E-state index contributed by atoms with van der Waals surface area (Å²) in [7, 11) is 0. The van der Waals surface area contributed by atoms with Crippen molar-refractivity contribution in [3.05, 3.63) is 53.9 Å². The number of rotatable bonds is 4. The van der Waals surface area contributed by atoms with Gasteiger partial charge >= 0.3 is 0 Å². The summed E-state index contributed by atoms with van der Waals surface area (Å²) in [6.07, 6.45) is 3.36. The number of para-hydroxylation sites is 1. The zero-order valence-corrected chi connectivity index (χ0v) is 9.67. The molecule has 0 atom stereocenters. The fourth-order valence-corrected chi connectivity index (χ4v) is 1.55. The highest BCUT2D eigenvalue weighted by Gasteiger charge is 2.12. The topological polar surface area (TPSA) is 91.2 Å². The van der Waals surface area contributed by atoms with Crippen LogP contribution in [-0.2, 0) is 6.61 Å². The summed E-state index contributed by atoms with van der Waals surface area (Å²) in [5.74, 6) is -0.252. The van der Waals surface area contributed by atoms with Gasteiger partial charge in [0.2, 0.25) is 0 Å². The fraction of sp³-hybridized carbons (Fsp3) is 0.0769. The zero-order chi connectivity index (χ0) is 13.0. The number of nitrogens with two attached hydrogens (primary N) is 2. The van der Waals surface area contributed by atoms with Gasteiger partial charge in [-0.15, -0.1) is 0 Å². The first-order chi connectivity index (χ1) is 8.68. The lowest BCUT2D eigenvalue weighted by atomic mass is 10.1. The molecule has 0 saturated heterocycles. The normalized spacial score (nSPS) is 10.0. The summed E-state index contributed by atoms with van der Waals surface area (Å²) in [4.78, 5) is 15.2. The van der Waals surface area contributed by atoms with Crippen LogP contribution in [0.4, 0.5) is 5.69 Å².